The SMILES string of the molecule is C[C@]1(O)OC[C@H](O)C1(O)O. The zero-order valence-corrected chi connectivity index (χ0v) is 5.48. The zero-order valence-electron chi connectivity index (χ0n) is 5.48. The molecule has 0 spiro atoms. The van der Waals surface area contributed by atoms with Crippen molar-refractivity contribution in [3.8, 4) is 0 Å². The predicted octanol–water partition coefficient (Wildman–Crippen LogP) is -2.23. The lowest BCUT2D eigenvalue weighted by molar-refractivity contribution is -0.335. The van der Waals surface area contributed by atoms with Crippen LogP contribution in [0.1, 0.15) is 6.92 Å². The van der Waals surface area contributed by atoms with E-state index in [1.165, 1.54) is 0 Å². The molecule has 0 aliphatic carbocycles. The molecule has 0 saturated carbocycles. The molecule has 1 heterocycles. The summed E-state index contributed by atoms with van der Waals surface area (Å²) >= 11 is 0. The summed E-state index contributed by atoms with van der Waals surface area (Å²) in [6.07, 6.45) is -1.46. The van der Waals surface area contributed by atoms with Crippen molar-refractivity contribution in [1.82, 2.24) is 0 Å². The molecular weight excluding hydrogens is 140 g/mol. The van der Waals surface area contributed by atoms with Gasteiger partial charge in [0.1, 0.15) is 6.10 Å². The fourth-order valence-corrected chi connectivity index (χ4v) is 0.773. The van der Waals surface area contributed by atoms with Crippen LogP contribution in [0.2, 0.25) is 0 Å². The summed E-state index contributed by atoms with van der Waals surface area (Å²) in [7, 11) is 0. The van der Waals surface area contributed by atoms with Crippen LogP contribution in [0.25, 0.3) is 0 Å². The van der Waals surface area contributed by atoms with E-state index < -0.39 is 17.7 Å². The number of aliphatic hydroxyl groups excluding tert-OH is 1. The van der Waals surface area contributed by atoms with Gasteiger partial charge in [-0.3, -0.25) is 0 Å². The summed E-state index contributed by atoms with van der Waals surface area (Å²) in [5, 5.41) is 35.7. The number of rotatable bonds is 0. The van der Waals surface area contributed by atoms with Gasteiger partial charge in [-0.15, -0.1) is 0 Å². The maximum atomic E-state index is 9.01. The Hall–Kier alpha value is -0.200. The minimum Gasteiger partial charge on any atom is -0.385 e. The molecule has 1 rings (SSSR count). The molecule has 10 heavy (non-hydrogen) atoms. The molecule has 2 atom stereocenters. The third kappa shape index (κ3) is 0.834. The van der Waals surface area contributed by atoms with Crippen LogP contribution in [-0.2, 0) is 4.74 Å². The Morgan fingerprint density at radius 3 is 2.00 bits per heavy atom. The Morgan fingerprint density at radius 1 is 1.40 bits per heavy atom. The average molecular weight is 150 g/mol. The molecule has 0 aromatic heterocycles. The van der Waals surface area contributed by atoms with Gasteiger partial charge < -0.3 is 25.2 Å². The summed E-state index contributed by atoms with van der Waals surface area (Å²) in [5.74, 6) is -4.64. The molecule has 0 amide bonds. The predicted molar refractivity (Wildman–Crippen MR) is 29.8 cm³/mol. The van der Waals surface area contributed by atoms with Crippen molar-refractivity contribution in [1.29, 1.82) is 0 Å². The van der Waals surface area contributed by atoms with E-state index in [2.05, 4.69) is 4.74 Å². The van der Waals surface area contributed by atoms with Gasteiger partial charge in [0.25, 0.3) is 0 Å². The molecule has 0 bridgehead atoms. The highest BCUT2D eigenvalue weighted by Gasteiger charge is 2.57. The fourth-order valence-electron chi connectivity index (χ4n) is 0.773. The summed E-state index contributed by atoms with van der Waals surface area (Å²) in [5.41, 5.74) is 0. The quantitative estimate of drug-likeness (QED) is 0.293. The van der Waals surface area contributed by atoms with Gasteiger partial charge in [0, 0.05) is 0 Å². The van der Waals surface area contributed by atoms with E-state index in [1.807, 2.05) is 0 Å². The van der Waals surface area contributed by atoms with Crippen LogP contribution < -0.4 is 0 Å². The standard InChI is InChI=1S/C5H10O5/c1-4(7)5(8,9)3(6)2-10-4/h3,6-9H,2H2,1H3/t3-,4-/m0/s1. The van der Waals surface area contributed by atoms with Gasteiger partial charge >= 0.3 is 0 Å². The average Bonchev–Trinajstić information content (AvgIpc) is 1.94. The molecule has 1 saturated heterocycles. The van der Waals surface area contributed by atoms with Crippen molar-refractivity contribution in [2.45, 2.75) is 24.6 Å². The fraction of sp³-hybridized carbons (Fsp3) is 1.00. The van der Waals surface area contributed by atoms with Crippen LogP contribution in [0.5, 0.6) is 0 Å². The topological polar surface area (TPSA) is 90.2 Å². The highest BCUT2D eigenvalue weighted by atomic mass is 16.7. The Kier molecular flexibility index (Phi) is 1.50. The van der Waals surface area contributed by atoms with Gasteiger partial charge in [-0.2, -0.15) is 0 Å². The van der Waals surface area contributed by atoms with Crippen molar-refractivity contribution in [2.24, 2.45) is 0 Å². The van der Waals surface area contributed by atoms with Crippen LogP contribution in [0.15, 0.2) is 0 Å². The summed E-state index contributed by atoms with van der Waals surface area (Å²) < 4.78 is 4.47. The van der Waals surface area contributed by atoms with Gasteiger partial charge in [0.15, 0.2) is 0 Å². The minimum absolute atomic E-state index is 0.278. The van der Waals surface area contributed by atoms with Crippen molar-refractivity contribution >= 4 is 0 Å². The first-order valence-electron chi connectivity index (χ1n) is 2.87. The normalized spacial score (nSPS) is 45.9. The van der Waals surface area contributed by atoms with E-state index in [0.29, 0.717) is 0 Å². The van der Waals surface area contributed by atoms with E-state index in [9.17, 15) is 0 Å². The van der Waals surface area contributed by atoms with Crippen molar-refractivity contribution in [2.75, 3.05) is 6.61 Å². The van der Waals surface area contributed by atoms with E-state index in [-0.39, 0.29) is 6.61 Å². The Bertz CT molecular complexity index is 141. The third-order valence-corrected chi connectivity index (χ3v) is 1.67. The lowest BCUT2D eigenvalue weighted by atomic mass is 10.1. The van der Waals surface area contributed by atoms with Crippen LogP contribution in [0.4, 0.5) is 0 Å². The first-order chi connectivity index (χ1) is 4.38. The first kappa shape index (κ1) is 7.90. The second-order valence-corrected chi connectivity index (χ2v) is 2.54. The molecule has 0 radical (unpaired) electrons. The van der Waals surface area contributed by atoms with E-state index >= 15 is 0 Å². The highest BCUT2D eigenvalue weighted by molar-refractivity contribution is 4.92. The molecular formula is C5H10O5. The Balaban J connectivity index is 2.84. The van der Waals surface area contributed by atoms with Crippen LogP contribution >= 0.6 is 0 Å². The molecule has 1 aliphatic rings. The molecule has 0 aromatic carbocycles. The maximum absolute atomic E-state index is 9.01. The van der Waals surface area contributed by atoms with Crippen LogP contribution in [-0.4, -0.2) is 44.7 Å². The first-order valence-corrected chi connectivity index (χ1v) is 2.87. The number of ether oxygens (including phenoxy) is 1. The lowest BCUT2D eigenvalue weighted by Crippen LogP contribution is -2.54. The second-order valence-electron chi connectivity index (χ2n) is 2.54. The lowest BCUT2D eigenvalue weighted by Gasteiger charge is -2.28. The summed E-state index contributed by atoms with van der Waals surface area (Å²) in [4.78, 5) is 0. The monoisotopic (exact) mass is 150 g/mol. The molecule has 1 fully saturated rings. The van der Waals surface area contributed by atoms with Crippen molar-refractivity contribution < 1.29 is 25.2 Å². The van der Waals surface area contributed by atoms with Crippen molar-refractivity contribution in [3.05, 3.63) is 0 Å². The Labute approximate surface area is 57.5 Å². The number of hydrogen-bond donors (Lipinski definition) is 4. The molecule has 5 nitrogen and oxygen atoms in total. The van der Waals surface area contributed by atoms with Gasteiger partial charge in [0.2, 0.25) is 11.6 Å². The van der Waals surface area contributed by atoms with Crippen LogP contribution in [0.3, 0.4) is 0 Å². The molecule has 0 aromatic rings. The molecule has 0 unspecified atom stereocenters. The molecule has 1 aliphatic heterocycles. The van der Waals surface area contributed by atoms with Gasteiger partial charge in [-0.05, 0) is 6.92 Å². The summed E-state index contributed by atoms with van der Waals surface area (Å²) in [6, 6.07) is 0. The third-order valence-electron chi connectivity index (χ3n) is 1.67. The highest BCUT2D eigenvalue weighted by Crippen LogP contribution is 2.31. The second kappa shape index (κ2) is 1.90. The summed E-state index contributed by atoms with van der Waals surface area (Å²) in [6.45, 7) is 0.795. The number of hydrogen-bond acceptors (Lipinski definition) is 5. The smallest absolute Gasteiger partial charge is 0.247 e. The van der Waals surface area contributed by atoms with E-state index in [4.69, 9.17) is 20.4 Å². The van der Waals surface area contributed by atoms with E-state index in [1.54, 1.807) is 0 Å². The molecule has 60 valence electrons. The minimum atomic E-state index is -2.56. The maximum Gasteiger partial charge on any atom is 0.247 e. The zero-order chi connectivity index (χ0) is 7.99. The van der Waals surface area contributed by atoms with Gasteiger partial charge in [-0.25, -0.2) is 0 Å². The molecule has 4 N–H and O–H groups in total. The van der Waals surface area contributed by atoms with Crippen molar-refractivity contribution in [3.63, 3.8) is 0 Å². The van der Waals surface area contributed by atoms with Gasteiger partial charge in [-0.1, -0.05) is 0 Å². The largest absolute Gasteiger partial charge is 0.385 e. The van der Waals surface area contributed by atoms with E-state index in [0.717, 1.165) is 6.92 Å². The molecule has 5 heteroatoms. The van der Waals surface area contributed by atoms with Crippen LogP contribution in [0, 0.1) is 0 Å². The van der Waals surface area contributed by atoms with Gasteiger partial charge in [0.05, 0.1) is 6.61 Å². The number of aliphatic hydroxyl groups is 4. The Morgan fingerprint density at radius 2 is 1.90 bits per heavy atom.